The monoisotopic (exact) mass is 434 g/mol. The number of aromatic nitrogens is 4. The second kappa shape index (κ2) is 7.10. The molecule has 0 unspecified atom stereocenters. The van der Waals surface area contributed by atoms with Gasteiger partial charge in [0.05, 0.1) is 22.2 Å². The van der Waals surface area contributed by atoms with Gasteiger partial charge in [-0.15, -0.1) is 0 Å². The van der Waals surface area contributed by atoms with Crippen molar-refractivity contribution in [1.29, 1.82) is 0 Å². The maximum Gasteiger partial charge on any atom is 0.255 e. The smallest absolute Gasteiger partial charge is 0.255 e. The Bertz CT molecular complexity index is 1780. The highest BCUT2D eigenvalue weighted by atomic mass is 19.1. The van der Waals surface area contributed by atoms with Crippen LogP contribution in [-0.4, -0.2) is 19.7 Å². The molecule has 3 heterocycles. The van der Waals surface area contributed by atoms with Gasteiger partial charge in [-0.2, -0.15) is 5.10 Å². The molecule has 0 amide bonds. The molecule has 0 bridgehead atoms. The number of hydrogen-bond donors (Lipinski definition) is 1. The molecular formula is C27H19FN4O. The SMILES string of the molecule is Cc1cc(-n2c(=O)ccc3cnc4ccc(-c5ccc6[nH]nc(C)c6c5)cc4c32)ccc1F. The molecule has 3 aromatic heterocycles. The lowest BCUT2D eigenvalue weighted by molar-refractivity contribution is 0.618. The highest BCUT2D eigenvalue weighted by Gasteiger charge is 2.13. The van der Waals surface area contributed by atoms with Gasteiger partial charge in [0.2, 0.25) is 0 Å². The molecule has 6 rings (SSSR count). The minimum absolute atomic E-state index is 0.179. The van der Waals surface area contributed by atoms with E-state index in [0.29, 0.717) is 11.3 Å². The molecule has 0 atom stereocenters. The highest BCUT2D eigenvalue weighted by Crippen LogP contribution is 2.31. The molecule has 0 saturated carbocycles. The van der Waals surface area contributed by atoms with E-state index < -0.39 is 0 Å². The first-order chi connectivity index (χ1) is 16.0. The van der Waals surface area contributed by atoms with Crippen LogP contribution in [-0.2, 0) is 0 Å². The van der Waals surface area contributed by atoms with Gasteiger partial charge >= 0.3 is 0 Å². The molecule has 3 aromatic carbocycles. The minimum Gasteiger partial charge on any atom is -0.278 e. The van der Waals surface area contributed by atoms with Crippen molar-refractivity contribution in [2.24, 2.45) is 0 Å². The summed E-state index contributed by atoms with van der Waals surface area (Å²) in [5.41, 5.74) is 6.46. The van der Waals surface area contributed by atoms with Gasteiger partial charge in [-0.1, -0.05) is 12.1 Å². The lowest BCUT2D eigenvalue weighted by Gasteiger charge is -2.14. The third-order valence-electron chi connectivity index (χ3n) is 6.20. The number of rotatable bonds is 2. The Hall–Kier alpha value is -4.32. The molecule has 0 spiro atoms. The third kappa shape index (κ3) is 3.03. The van der Waals surface area contributed by atoms with Gasteiger partial charge in [0.15, 0.2) is 0 Å². The van der Waals surface area contributed by atoms with Crippen molar-refractivity contribution in [2.75, 3.05) is 0 Å². The molecule has 0 aliphatic heterocycles. The number of H-pyrrole nitrogens is 1. The molecule has 33 heavy (non-hydrogen) atoms. The lowest BCUT2D eigenvalue weighted by atomic mass is 10.00. The zero-order chi connectivity index (χ0) is 22.7. The zero-order valence-corrected chi connectivity index (χ0v) is 18.1. The van der Waals surface area contributed by atoms with Crippen molar-refractivity contribution >= 4 is 32.7 Å². The number of benzene rings is 3. The highest BCUT2D eigenvalue weighted by molar-refractivity contribution is 6.05. The Morgan fingerprint density at radius 3 is 2.48 bits per heavy atom. The maximum atomic E-state index is 13.9. The van der Waals surface area contributed by atoms with Crippen molar-refractivity contribution in [1.82, 2.24) is 19.7 Å². The van der Waals surface area contributed by atoms with Gasteiger partial charge in [-0.05, 0) is 79.1 Å². The quantitative estimate of drug-likeness (QED) is 0.348. The Morgan fingerprint density at radius 2 is 1.67 bits per heavy atom. The van der Waals surface area contributed by atoms with E-state index in [4.69, 9.17) is 0 Å². The summed E-state index contributed by atoms with van der Waals surface area (Å²) >= 11 is 0. The molecule has 6 aromatic rings. The molecule has 0 radical (unpaired) electrons. The fraction of sp³-hybridized carbons (Fsp3) is 0.0741. The average molecular weight is 434 g/mol. The van der Waals surface area contributed by atoms with Crippen molar-refractivity contribution in [3.05, 3.63) is 100 Å². The van der Waals surface area contributed by atoms with Crippen molar-refractivity contribution in [3.63, 3.8) is 0 Å². The summed E-state index contributed by atoms with van der Waals surface area (Å²) in [7, 11) is 0. The van der Waals surface area contributed by atoms with Crippen LogP contribution < -0.4 is 5.56 Å². The first kappa shape index (κ1) is 19.4. The predicted octanol–water partition coefficient (Wildman–Crippen LogP) is 5.84. The number of pyridine rings is 2. The van der Waals surface area contributed by atoms with E-state index in [2.05, 4.69) is 33.4 Å². The molecule has 0 aliphatic rings. The number of nitrogens with zero attached hydrogens (tertiary/aromatic N) is 3. The van der Waals surface area contributed by atoms with Gasteiger partial charge in [0.1, 0.15) is 5.82 Å². The Morgan fingerprint density at radius 1 is 0.879 bits per heavy atom. The number of aryl methyl sites for hydroxylation is 2. The fourth-order valence-electron chi connectivity index (χ4n) is 4.44. The fourth-order valence-corrected chi connectivity index (χ4v) is 4.44. The Labute approximate surface area is 188 Å². The van der Waals surface area contributed by atoms with Crippen LogP contribution in [0.15, 0.2) is 77.7 Å². The first-order valence-corrected chi connectivity index (χ1v) is 10.7. The summed E-state index contributed by atoms with van der Waals surface area (Å²) in [6.45, 7) is 3.67. The number of hydrogen-bond acceptors (Lipinski definition) is 3. The van der Waals surface area contributed by atoms with Gasteiger partial charge in [-0.25, -0.2) is 4.39 Å². The lowest BCUT2D eigenvalue weighted by Crippen LogP contribution is -2.18. The van der Waals surface area contributed by atoms with E-state index in [1.165, 1.54) is 12.1 Å². The summed E-state index contributed by atoms with van der Waals surface area (Å²) in [4.78, 5) is 17.6. The average Bonchev–Trinajstić information content (AvgIpc) is 3.20. The minimum atomic E-state index is -0.300. The van der Waals surface area contributed by atoms with Crippen molar-refractivity contribution in [2.45, 2.75) is 13.8 Å². The summed E-state index contributed by atoms with van der Waals surface area (Å²) in [6, 6.07) is 20.3. The number of aromatic amines is 1. The van der Waals surface area contributed by atoms with Crippen LogP contribution in [0.4, 0.5) is 4.39 Å². The molecular weight excluding hydrogens is 415 g/mol. The van der Waals surface area contributed by atoms with Crippen LogP contribution in [0.2, 0.25) is 0 Å². The van der Waals surface area contributed by atoms with Crippen LogP contribution in [0.25, 0.3) is 49.5 Å². The van der Waals surface area contributed by atoms with Crippen LogP contribution in [0, 0.1) is 19.7 Å². The summed E-state index contributed by atoms with van der Waals surface area (Å²) < 4.78 is 15.6. The van der Waals surface area contributed by atoms with Crippen LogP contribution in [0.3, 0.4) is 0 Å². The van der Waals surface area contributed by atoms with Gasteiger partial charge in [-0.3, -0.25) is 19.4 Å². The summed E-state index contributed by atoms with van der Waals surface area (Å²) in [6.07, 6.45) is 1.77. The Balaban J connectivity index is 1.67. The van der Waals surface area contributed by atoms with Crippen molar-refractivity contribution in [3.8, 4) is 16.8 Å². The van der Waals surface area contributed by atoms with Crippen LogP contribution in [0.5, 0.6) is 0 Å². The molecule has 0 fully saturated rings. The molecule has 6 heteroatoms. The van der Waals surface area contributed by atoms with Gasteiger partial charge in [0, 0.05) is 34.1 Å². The second-order valence-electron chi connectivity index (χ2n) is 8.30. The largest absolute Gasteiger partial charge is 0.278 e. The number of halogens is 1. The Kier molecular flexibility index (Phi) is 4.17. The standard InChI is InChI=1S/C27H19FN4O/c1-15-11-20(6-7-23(15)28)32-26(33)10-5-19-14-29-24-8-3-18(13-22(24)27(19)32)17-4-9-25-21(12-17)16(2)30-31-25/h3-14H,1-2H3,(H,30,31). The van der Waals surface area contributed by atoms with Crippen LogP contribution >= 0.6 is 0 Å². The van der Waals surface area contributed by atoms with Crippen LogP contribution in [0.1, 0.15) is 11.3 Å². The van der Waals surface area contributed by atoms with E-state index in [1.54, 1.807) is 35.9 Å². The summed E-state index contributed by atoms with van der Waals surface area (Å²) in [5.74, 6) is -0.300. The molecule has 1 N–H and O–H groups in total. The first-order valence-electron chi connectivity index (χ1n) is 10.7. The summed E-state index contributed by atoms with van der Waals surface area (Å²) in [5, 5.41) is 10.1. The molecule has 0 aliphatic carbocycles. The second-order valence-corrected chi connectivity index (χ2v) is 8.30. The van der Waals surface area contributed by atoms with E-state index in [-0.39, 0.29) is 11.4 Å². The van der Waals surface area contributed by atoms with E-state index >= 15 is 0 Å². The zero-order valence-electron chi connectivity index (χ0n) is 18.1. The topological polar surface area (TPSA) is 63.6 Å². The number of nitrogens with one attached hydrogen (secondary N) is 1. The van der Waals surface area contributed by atoms with Gasteiger partial charge in [0.25, 0.3) is 5.56 Å². The molecule has 5 nitrogen and oxygen atoms in total. The van der Waals surface area contributed by atoms with E-state index in [9.17, 15) is 9.18 Å². The van der Waals surface area contributed by atoms with Crippen molar-refractivity contribution < 1.29 is 4.39 Å². The molecule has 160 valence electrons. The maximum absolute atomic E-state index is 13.9. The number of fused-ring (bicyclic) bond motifs is 4. The van der Waals surface area contributed by atoms with E-state index in [0.717, 1.165) is 49.5 Å². The van der Waals surface area contributed by atoms with E-state index in [1.807, 2.05) is 25.1 Å². The predicted molar refractivity (Wildman–Crippen MR) is 129 cm³/mol. The molecule has 0 saturated heterocycles. The normalized spacial score (nSPS) is 11.6. The third-order valence-corrected chi connectivity index (χ3v) is 6.20. The van der Waals surface area contributed by atoms with Gasteiger partial charge < -0.3 is 0 Å².